The molecule has 1 aromatic carbocycles. The molecule has 0 fully saturated rings. The van der Waals surface area contributed by atoms with Gasteiger partial charge < -0.3 is 10.1 Å². The number of rotatable bonds is 5. The first-order valence-electron chi connectivity index (χ1n) is 5.61. The lowest BCUT2D eigenvalue weighted by molar-refractivity contribution is 0.444. The summed E-state index contributed by atoms with van der Waals surface area (Å²) in [4.78, 5) is 0. The molecule has 17 heavy (non-hydrogen) atoms. The molecule has 0 amide bonds. The molecule has 2 nitrogen and oxygen atoms in total. The summed E-state index contributed by atoms with van der Waals surface area (Å²) in [5.41, 5.74) is 2.03. The molecular formula is C15H19NO. The first kappa shape index (κ1) is 13.1. The van der Waals surface area contributed by atoms with E-state index in [9.17, 15) is 0 Å². The van der Waals surface area contributed by atoms with Crippen LogP contribution >= 0.6 is 0 Å². The molecule has 0 saturated carbocycles. The van der Waals surface area contributed by atoms with E-state index in [1.807, 2.05) is 63.4 Å². The Morgan fingerprint density at radius 1 is 1.29 bits per heavy atom. The highest BCUT2D eigenvalue weighted by Crippen LogP contribution is 2.18. The summed E-state index contributed by atoms with van der Waals surface area (Å²) in [6.45, 7) is 7.75. The van der Waals surface area contributed by atoms with Gasteiger partial charge in [0.1, 0.15) is 11.5 Å². The fraction of sp³-hybridized carbons (Fsp3) is 0.200. The molecule has 0 aliphatic rings. The average molecular weight is 229 g/mol. The van der Waals surface area contributed by atoms with E-state index < -0.39 is 0 Å². The maximum atomic E-state index is 5.75. The predicted octanol–water partition coefficient (Wildman–Crippen LogP) is 4.14. The quantitative estimate of drug-likeness (QED) is 0.605. The predicted molar refractivity (Wildman–Crippen MR) is 74.3 cm³/mol. The first-order valence-corrected chi connectivity index (χ1v) is 5.61. The van der Waals surface area contributed by atoms with Gasteiger partial charge in [0.05, 0.1) is 0 Å². The lowest BCUT2D eigenvalue weighted by Crippen LogP contribution is -1.93. The molecule has 90 valence electrons. The molecule has 0 bridgehead atoms. The van der Waals surface area contributed by atoms with E-state index in [-0.39, 0.29) is 0 Å². The highest BCUT2D eigenvalue weighted by Gasteiger charge is 1.97. The lowest BCUT2D eigenvalue weighted by atomic mass is 10.2. The molecule has 0 heterocycles. The van der Waals surface area contributed by atoms with Gasteiger partial charge in [0, 0.05) is 12.7 Å². The Labute approximate surface area is 103 Å². The summed E-state index contributed by atoms with van der Waals surface area (Å²) in [6.07, 6.45) is 5.77. The van der Waals surface area contributed by atoms with Crippen LogP contribution in [0, 0.1) is 0 Å². The third kappa shape index (κ3) is 4.60. The molecule has 0 aliphatic carbocycles. The van der Waals surface area contributed by atoms with E-state index in [0.29, 0.717) is 0 Å². The SMILES string of the molecule is C=C(C)/C=C(\C=C/C)Oc1ccc(NC)cc1. The van der Waals surface area contributed by atoms with E-state index in [2.05, 4.69) is 11.9 Å². The second kappa shape index (κ2) is 6.59. The molecule has 0 spiro atoms. The first-order chi connectivity index (χ1) is 8.15. The second-order valence-electron chi connectivity index (χ2n) is 3.77. The zero-order chi connectivity index (χ0) is 12.7. The van der Waals surface area contributed by atoms with Crippen molar-refractivity contribution in [2.75, 3.05) is 12.4 Å². The van der Waals surface area contributed by atoms with Crippen molar-refractivity contribution in [3.63, 3.8) is 0 Å². The Morgan fingerprint density at radius 2 is 1.94 bits per heavy atom. The third-order valence-corrected chi connectivity index (χ3v) is 2.10. The van der Waals surface area contributed by atoms with Gasteiger partial charge >= 0.3 is 0 Å². The standard InChI is InChI=1S/C15H19NO/c1-5-6-15(11-12(2)3)17-14-9-7-13(16-4)8-10-14/h5-11,16H,2H2,1,3-4H3/b6-5-,15-11+. The minimum absolute atomic E-state index is 0.789. The number of benzene rings is 1. The molecule has 0 unspecified atom stereocenters. The second-order valence-corrected chi connectivity index (χ2v) is 3.77. The molecule has 0 saturated heterocycles. The van der Waals surface area contributed by atoms with Crippen molar-refractivity contribution < 1.29 is 4.74 Å². The number of hydrogen-bond donors (Lipinski definition) is 1. The van der Waals surface area contributed by atoms with Crippen LogP contribution in [0.1, 0.15) is 13.8 Å². The van der Waals surface area contributed by atoms with Crippen molar-refractivity contribution in [3.05, 3.63) is 60.4 Å². The van der Waals surface area contributed by atoms with Crippen molar-refractivity contribution in [3.8, 4) is 5.75 Å². The van der Waals surface area contributed by atoms with E-state index in [1.165, 1.54) is 0 Å². The summed E-state index contributed by atoms with van der Waals surface area (Å²) in [6, 6.07) is 7.82. The Bertz CT molecular complexity index is 427. The van der Waals surface area contributed by atoms with E-state index in [0.717, 1.165) is 22.8 Å². The fourth-order valence-electron chi connectivity index (χ4n) is 1.34. The minimum Gasteiger partial charge on any atom is -0.457 e. The van der Waals surface area contributed by atoms with Crippen LogP contribution in [-0.4, -0.2) is 7.05 Å². The molecule has 1 rings (SSSR count). The van der Waals surface area contributed by atoms with E-state index in [4.69, 9.17) is 4.74 Å². The number of anilines is 1. The third-order valence-electron chi connectivity index (χ3n) is 2.10. The Balaban J connectivity index is 2.82. The van der Waals surface area contributed by atoms with Crippen LogP contribution in [0.2, 0.25) is 0 Å². The van der Waals surface area contributed by atoms with Crippen molar-refractivity contribution in [1.82, 2.24) is 0 Å². The topological polar surface area (TPSA) is 21.3 Å². The normalized spacial score (nSPS) is 11.6. The van der Waals surface area contributed by atoms with E-state index in [1.54, 1.807) is 0 Å². The maximum absolute atomic E-state index is 5.75. The zero-order valence-electron chi connectivity index (χ0n) is 10.7. The number of ether oxygens (including phenoxy) is 1. The van der Waals surface area contributed by atoms with Gasteiger partial charge in [0.2, 0.25) is 0 Å². The summed E-state index contributed by atoms with van der Waals surface area (Å²) >= 11 is 0. The number of allylic oxidation sites excluding steroid dienone is 4. The van der Waals surface area contributed by atoms with Gasteiger partial charge in [-0.2, -0.15) is 0 Å². The summed E-state index contributed by atoms with van der Waals surface area (Å²) in [5.74, 6) is 1.60. The molecule has 2 heteroatoms. The number of nitrogens with one attached hydrogen (secondary N) is 1. The summed E-state index contributed by atoms with van der Waals surface area (Å²) in [7, 11) is 1.89. The Kier molecular flexibility index (Phi) is 5.08. The van der Waals surface area contributed by atoms with Crippen LogP contribution in [0.25, 0.3) is 0 Å². The molecule has 0 aliphatic heterocycles. The van der Waals surface area contributed by atoms with Gasteiger partial charge in [-0.15, -0.1) is 0 Å². The van der Waals surface area contributed by atoms with Crippen LogP contribution in [0.15, 0.2) is 60.4 Å². The van der Waals surface area contributed by atoms with Gasteiger partial charge in [0.25, 0.3) is 0 Å². The highest BCUT2D eigenvalue weighted by atomic mass is 16.5. The zero-order valence-corrected chi connectivity index (χ0v) is 10.7. The molecule has 0 radical (unpaired) electrons. The minimum atomic E-state index is 0.789. The lowest BCUT2D eigenvalue weighted by Gasteiger charge is -2.07. The Hall–Kier alpha value is -1.96. The van der Waals surface area contributed by atoms with Crippen molar-refractivity contribution in [2.24, 2.45) is 0 Å². The largest absolute Gasteiger partial charge is 0.457 e. The summed E-state index contributed by atoms with van der Waals surface area (Å²) in [5, 5.41) is 3.07. The Morgan fingerprint density at radius 3 is 2.41 bits per heavy atom. The highest BCUT2D eigenvalue weighted by molar-refractivity contribution is 5.46. The maximum Gasteiger partial charge on any atom is 0.127 e. The molecule has 0 aromatic heterocycles. The van der Waals surface area contributed by atoms with Crippen LogP contribution in [0.4, 0.5) is 5.69 Å². The fourth-order valence-corrected chi connectivity index (χ4v) is 1.34. The van der Waals surface area contributed by atoms with Crippen molar-refractivity contribution in [1.29, 1.82) is 0 Å². The number of hydrogen-bond acceptors (Lipinski definition) is 2. The average Bonchev–Trinajstić information content (AvgIpc) is 2.29. The summed E-state index contributed by atoms with van der Waals surface area (Å²) < 4.78 is 5.75. The molecule has 0 atom stereocenters. The molecule has 1 aromatic rings. The van der Waals surface area contributed by atoms with Crippen LogP contribution in [0.3, 0.4) is 0 Å². The van der Waals surface area contributed by atoms with Crippen molar-refractivity contribution >= 4 is 5.69 Å². The van der Waals surface area contributed by atoms with Gasteiger partial charge in [-0.05, 0) is 50.3 Å². The smallest absolute Gasteiger partial charge is 0.127 e. The van der Waals surface area contributed by atoms with Gasteiger partial charge in [0.15, 0.2) is 0 Å². The van der Waals surface area contributed by atoms with Crippen LogP contribution in [0.5, 0.6) is 5.75 Å². The van der Waals surface area contributed by atoms with Crippen LogP contribution < -0.4 is 10.1 Å². The molecule has 1 N–H and O–H groups in total. The van der Waals surface area contributed by atoms with Gasteiger partial charge in [-0.3, -0.25) is 0 Å². The van der Waals surface area contributed by atoms with Crippen LogP contribution in [-0.2, 0) is 0 Å². The van der Waals surface area contributed by atoms with Gasteiger partial charge in [-0.1, -0.05) is 18.2 Å². The molecular weight excluding hydrogens is 210 g/mol. The van der Waals surface area contributed by atoms with Gasteiger partial charge in [-0.25, -0.2) is 0 Å². The van der Waals surface area contributed by atoms with Crippen molar-refractivity contribution in [2.45, 2.75) is 13.8 Å². The van der Waals surface area contributed by atoms with E-state index >= 15 is 0 Å². The monoisotopic (exact) mass is 229 g/mol.